The van der Waals surface area contributed by atoms with Gasteiger partial charge in [0.2, 0.25) is 5.91 Å². The number of primary amides is 1. The van der Waals surface area contributed by atoms with E-state index < -0.39 is 11.9 Å². The quantitative estimate of drug-likeness (QED) is 0.568. The van der Waals surface area contributed by atoms with E-state index in [0.29, 0.717) is 16.7 Å². The van der Waals surface area contributed by atoms with Crippen molar-refractivity contribution in [2.45, 2.75) is 6.92 Å². The van der Waals surface area contributed by atoms with Crippen LogP contribution in [0.2, 0.25) is 0 Å². The van der Waals surface area contributed by atoms with Crippen LogP contribution in [-0.4, -0.2) is 11.9 Å². The topological polar surface area (TPSA) is 69.4 Å². The number of hydrogen-bond donors (Lipinski definition) is 2. The lowest BCUT2D eigenvalue weighted by atomic mass is 10.1. The second-order valence-electron chi connectivity index (χ2n) is 2.77. The van der Waals surface area contributed by atoms with E-state index in [0.717, 1.165) is 0 Å². The minimum Gasteiger partial charge on any atom is -0.391 e. The van der Waals surface area contributed by atoms with Crippen LogP contribution in [0.1, 0.15) is 26.3 Å². The van der Waals surface area contributed by atoms with Crippen LogP contribution in [0.3, 0.4) is 0 Å². The van der Waals surface area contributed by atoms with Crippen LogP contribution >= 0.6 is 12.9 Å². The molecule has 0 bridgehead atoms. The molecule has 14 heavy (non-hydrogen) atoms. The smallest absolute Gasteiger partial charge is 0.350 e. The van der Waals surface area contributed by atoms with E-state index in [1.165, 1.54) is 18.2 Å². The Kier molecular flexibility index (Phi) is 3.14. The highest BCUT2D eigenvalue weighted by atomic mass is 32.1. The third kappa shape index (κ3) is 2.05. The molecule has 0 aliphatic rings. The maximum atomic E-state index is 11.1. The first kappa shape index (κ1) is 10.6. The summed E-state index contributed by atoms with van der Waals surface area (Å²) in [5, 5.41) is 0. The first-order valence-electron chi connectivity index (χ1n) is 3.82. The van der Waals surface area contributed by atoms with Gasteiger partial charge in [0.15, 0.2) is 0 Å². The van der Waals surface area contributed by atoms with E-state index >= 15 is 0 Å². The lowest BCUT2D eigenvalue weighted by Crippen LogP contribution is -2.12. The molecule has 1 aromatic rings. The van der Waals surface area contributed by atoms with Gasteiger partial charge in [0.1, 0.15) is 0 Å². The Hall–Kier alpha value is -1.49. The van der Waals surface area contributed by atoms with Crippen LogP contribution in [0.25, 0.3) is 0 Å². The highest BCUT2D eigenvalue weighted by molar-refractivity contribution is 7.75. The number of nitrogens with two attached hydrogens (primary N) is 1. The fourth-order valence-corrected chi connectivity index (χ4v) is 1.19. The minimum atomic E-state index is -0.554. The molecular weight excluding hydrogens is 202 g/mol. The van der Waals surface area contributed by atoms with Crippen molar-refractivity contribution in [2.75, 3.05) is 0 Å². The van der Waals surface area contributed by atoms with E-state index in [9.17, 15) is 9.59 Å². The summed E-state index contributed by atoms with van der Waals surface area (Å²) < 4.78 is 4.26. The molecule has 0 aromatic heterocycles. The Balaban J connectivity index is 3.14. The largest absolute Gasteiger partial charge is 0.391 e. The number of amides is 1. The van der Waals surface area contributed by atoms with E-state index in [4.69, 9.17) is 5.73 Å². The molecule has 1 amide bonds. The number of carbonyl (C=O) groups is 2. The number of benzene rings is 1. The van der Waals surface area contributed by atoms with Crippen molar-refractivity contribution in [3.8, 4) is 0 Å². The van der Waals surface area contributed by atoms with Crippen molar-refractivity contribution in [2.24, 2.45) is 5.73 Å². The molecule has 74 valence electrons. The monoisotopic (exact) mass is 211 g/mol. The molecule has 2 N–H and O–H groups in total. The van der Waals surface area contributed by atoms with Crippen molar-refractivity contribution in [3.63, 3.8) is 0 Å². The fraction of sp³-hybridized carbons (Fsp3) is 0.111. The number of hydrogen-bond acceptors (Lipinski definition) is 4. The van der Waals surface area contributed by atoms with E-state index in [1.807, 2.05) is 0 Å². The standard InChI is InChI=1S/C9H9NO3S/c1-5-4-6(8(10)11)2-3-7(5)9(12)13-14/h2-4,14H,1H3,(H2,10,11). The number of aryl methyl sites for hydroxylation is 1. The lowest BCUT2D eigenvalue weighted by molar-refractivity contribution is 0.0771. The molecule has 0 radical (unpaired) electrons. The van der Waals surface area contributed by atoms with Gasteiger partial charge in [-0.05, 0) is 30.7 Å². The molecule has 0 saturated carbocycles. The summed E-state index contributed by atoms with van der Waals surface area (Å²) in [4.78, 5) is 21.9. The molecule has 0 aliphatic carbocycles. The molecule has 0 unspecified atom stereocenters. The van der Waals surface area contributed by atoms with Gasteiger partial charge in [0.25, 0.3) is 0 Å². The summed E-state index contributed by atoms with van der Waals surface area (Å²) in [5.41, 5.74) is 6.42. The maximum Gasteiger partial charge on any atom is 0.350 e. The first-order chi connectivity index (χ1) is 6.56. The van der Waals surface area contributed by atoms with Crippen molar-refractivity contribution in [1.82, 2.24) is 0 Å². The van der Waals surface area contributed by atoms with Gasteiger partial charge in [0.05, 0.1) is 5.56 Å². The summed E-state index contributed by atoms with van der Waals surface area (Å²) in [6.45, 7) is 1.69. The van der Waals surface area contributed by atoms with Gasteiger partial charge in [-0.25, -0.2) is 4.79 Å². The van der Waals surface area contributed by atoms with Crippen molar-refractivity contribution < 1.29 is 13.8 Å². The number of rotatable bonds is 2. The SMILES string of the molecule is Cc1cc(C(N)=O)ccc1C(=O)OS. The Morgan fingerprint density at radius 3 is 2.50 bits per heavy atom. The molecule has 0 saturated heterocycles. The average molecular weight is 211 g/mol. The molecule has 1 aromatic carbocycles. The molecule has 5 heteroatoms. The summed E-state index contributed by atoms with van der Waals surface area (Å²) in [7, 11) is 0. The predicted molar refractivity (Wildman–Crippen MR) is 54.1 cm³/mol. The lowest BCUT2D eigenvalue weighted by Gasteiger charge is -2.03. The van der Waals surface area contributed by atoms with Crippen LogP contribution in [0, 0.1) is 6.92 Å². The maximum absolute atomic E-state index is 11.1. The Morgan fingerprint density at radius 1 is 1.43 bits per heavy atom. The van der Waals surface area contributed by atoms with Crippen molar-refractivity contribution >= 4 is 24.8 Å². The van der Waals surface area contributed by atoms with Crippen LogP contribution in [0.15, 0.2) is 18.2 Å². The average Bonchev–Trinajstić information content (AvgIpc) is 2.16. The van der Waals surface area contributed by atoms with Crippen molar-refractivity contribution in [1.29, 1.82) is 0 Å². The second kappa shape index (κ2) is 4.15. The second-order valence-corrected chi connectivity index (χ2v) is 2.96. The molecular formula is C9H9NO3S. The fourth-order valence-electron chi connectivity index (χ4n) is 1.10. The molecule has 0 aliphatic heterocycles. The molecule has 0 fully saturated rings. The zero-order chi connectivity index (χ0) is 10.7. The van der Waals surface area contributed by atoms with Gasteiger partial charge < -0.3 is 9.92 Å². The van der Waals surface area contributed by atoms with Gasteiger partial charge >= 0.3 is 5.97 Å². The van der Waals surface area contributed by atoms with Crippen LogP contribution in [-0.2, 0) is 4.18 Å². The van der Waals surface area contributed by atoms with Crippen LogP contribution < -0.4 is 5.73 Å². The summed E-state index contributed by atoms with van der Waals surface area (Å²) in [5.74, 6) is -1.08. The molecule has 1 rings (SSSR count). The summed E-state index contributed by atoms with van der Waals surface area (Å²) in [6, 6.07) is 4.48. The minimum absolute atomic E-state index is 0.359. The van der Waals surface area contributed by atoms with E-state index in [1.54, 1.807) is 6.92 Å². The van der Waals surface area contributed by atoms with Gasteiger partial charge in [-0.1, -0.05) is 0 Å². The first-order valence-corrected chi connectivity index (χ1v) is 4.19. The number of carbonyl (C=O) groups excluding carboxylic acids is 2. The summed E-state index contributed by atoms with van der Waals surface area (Å²) in [6.07, 6.45) is 0. The zero-order valence-corrected chi connectivity index (χ0v) is 8.38. The summed E-state index contributed by atoms with van der Waals surface area (Å²) >= 11 is 3.40. The van der Waals surface area contributed by atoms with Gasteiger partial charge in [-0.15, -0.1) is 0 Å². The zero-order valence-electron chi connectivity index (χ0n) is 7.48. The van der Waals surface area contributed by atoms with Crippen LogP contribution in [0.5, 0.6) is 0 Å². The van der Waals surface area contributed by atoms with E-state index in [2.05, 4.69) is 17.1 Å². The van der Waals surface area contributed by atoms with Crippen molar-refractivity contribution in [3.05, 3.63) is 34.9 Å². The number of thiol groups is 1. The van der Waals surface area contributed by atoms with Gasteiger partial charge in [-0.2, -0.15) is 0 Å². The molecule has 0 atom stereocenters. The molecule has 0 spiro atoms. The van der Waals surface area contributed by atoms with Gasteiger partial charge in [0, 0.05) is 18.5 Å². The predicted octanol–water partition coefficient (Wildman–Crippen LogP) is 1.10. The Bertz CT molecular complexity index is 390. The molecule has 0 heterocycles. The van der Waals surface area contributed by atoms with Crippen LogP contribution in [0.4, 0.5) is 0 Å². The molecule has 4 nitrogen and oxygen atoms in total. The highest BCUT2D eigenvalue weighted by Gasteiger charge is 2.11. The van der Waals surface area contributed by atoms with E-state index in [-0.39, 0.29) is 0 Å². The third-order valence-corrected chi connectivity index (χ3v) is 1.98. The third-order valence-electron chi connectivity index (χ3n) is 1.81. The Labute approximate surface area is 86.7 Å². The normalized spacial score (nSPS) is 9.57. The highest BCUT2D eigenvalue weighted by Crippen LogP contribution is 2.12. The van der Waals surface area contributed by atoms with Gasteiger partial charge in [-0.3, -0.25) is 4.79 Å². The Morgan fingerprint density at radius 2 is 2.07 bits per heavy atom.